The van der Waals surface area contributed by atoms with Crippen molar-refractivity contribution in [3.63, 3.8) is 0 Å². The van der Waals surface area contributed by atoms with Gasteiger partial charge in [-0.15, -0.1) is 0 Å². The standard InChI is InChI=1S/C24H52N6.8Pu/c25-15-5-1-9-19-29(20-10-2-6-16-26)23-13-14-24-30(21-11-3-7-17-27)22-12-4-8-18-28;;;;;;;;/h25-28H,1-24H2;;;;;;;;/q-4;;;;;;;;. The first-order valence-corrected chi connectivity index (χ1v) is 12.8. The maximum Gasteiger partial charge on any atom is 0 e. The molecule has 0 bridgehead atoms. The van der Waals surface area contributed by atoms with Crippen molar-refractivity contribution in [2.24, 2.45) is 0 Å². The number of unbranched alkanes of at least 4 members (excludes halogenated alkanes) is 9. The Hall–Kier alpha value is 7.66. The molecule has 0 aliphatic rings. The van der Waals surface area contributed by atoms with Gasteiger partial charge in [0.05, 0.1) is 0 Å². The maximum atomic E-state index is 7.31. The SMILES string of the molecule is [NH-]CCCCCN(CCCCC[NH-])CCCCN(CCCCC[NH-])CCCCC[NH-].[Pu].[Pu].[Pu].[Pu].[Pu].[Pu].[Pu].[Pu]. The molecule has 14 heteroatoms. The Balaban J connectivity index is -0.000000150. The first kappa shape index (κ1) is 67.8. The molecule has 0 fully saturated rings. The van der Waals surface area contributed by atoms with Crippen LogP contribution in [0.3, 0.4) is 0 Å². The largest absolute Gasteiger partial charge is 0.677 e. The zero-order valence-electron chi connectivity index (χ0n) is 23.1. The average molecular weight is 2380 g/mol. The fourth-order valence-electron chi connectivity index (χ4n) is 3.89. The van der Waals surface area contributed by atoms with E-state index in [0.29, 0.717) is 26.2 Å². The smallest absolute Gasteiger partial charge is 0 e. The van der Waals surface area contributed by atoms with Gasteiger partial charge in [-0.3, -0.25) is 0 Å². The van der Waals surface area contributed by atoms with Crippen LogP contribution in [0.5, 0.6) is 0 Å². The van der Waals surface area contributed by atoms with Crippen molar-refractivity contribution in [2.75, 3.05) is 65.4 Å². The number of hydrogen-bond acceptors (Lipinski definition) is 2. The molecule has 0 radical (unpaired) electrons. The van der Waals surface area contributed by atoms with E-state index in [0.717, 1.165) is 25.7 Å². The van der Waals surface area contributed by atoms with Crippen LogP contribution in [0.4, 0.5) is 0 Å². The van der Waals surface area contributed by atoms with Crippen LogP contribution in [0.25, 0.3) is 22.9 Å². The van der Waals surface area contributed by atoms with Gasteiger partial charge in [0.1, 0.15) is 0 Å². The second-order valence-corrected chi connectivity index (χ2v) is 8.63. The first-order chi connectivity index (χ1) is 14.8. The molecule has 0 aromatic rings. The molecule has 0 amide bonds. The van der Waals surface area contributed by atoms with E-state index in [1.807, 2.05) is 0 Å². The monoisotopic (exact) mass is 2330 g/mol. The molecule has 0 heterocycles. The van der Waals surface area contributed by atoms with Crippen molar-refractivity contribution in [1.29, 1.82) is 0 Å². The van der Waals surface area contributed by atoms with Crippen molar-refractivity contribution in [3.8, 4) is 0 Å². The van der Waals surface area contributed by atoms with Crippen molar-refractivity contribution in [3.05, 3.63) is 22.9 Å². The van der Waals surface area contributed by atoms with Gasteiger partial charge in [0.15, 0.2) is 0 Å². The summed E-state index contributed by atoms with van der Waals surface area (Å²) >= 11 is 0. The molecule has 0 atom stereocenters. The third-order valence-electron chi connectivity index (χ3n) is 5.80. The Labute approximate surface area is 412 Å². The molecule has 230 valence electrons. The summed E-state index contributed by atoms with van der Waals surface area (Å²) in [5.74, 6) is 0. The summed E-state index contributed by atoms with van der Waals surface area (Å²) in [6.07, 6.45) is 16.2. The van der Waals surface area contributed by atoms with E-state index in [2.05, 4.69) is 9.80 Å². The fourth-order valence-corrected chi connectivity index (χ4v) is 3.89. The molecule has 38 heavy (non-hydrogen) atoms. The molecule has 0 aliphatic carbocycles. The molecule has 0 aromatic carbocycles. The van der Waals surface area contributed by atoms with Crippen molar-refractivity contribution in [2.45, 2.75) is 89.9 Å². The molecule has 0 aromatic heterocycles. The van der Waals surface area contributed by atoms with Crippen LogP contribution >= 0.6 is 0 Å². The third-order valence-corrected chi connectivity index (χ3v) is 5.80. The molecule has 0 saturated heterocycles. The number of hydrogen-bond donors (Lipinski definition) is 0. The van der Waals surface area contributed by atoms with Crippen LogP contribution in [-0.2, 0) is 0 Å². The average Bonchev–Trinajstić information content (AvgIpc) is 2.76. The van der Waals surface area contributed by atoms with E-state index in [4.69, 9.17) is 22.9 Å². The molecule has 0 aliphatic heterocycles. The molecule has 4 N–H and O–H groups in total. The third kappa shape index (κ3) is 53.2. The molecule has 6 nitrogen and oxygen atoms in total. The summed E-state index contributed by atoms with van der Waals surface area (Å²) in [6.45, 7) is 9.30. The van der Waals surface area contributed by atoms with Crippen molar-refractivity contribution < 1.29 is 233 Å². The van der Waals surface area contributed by atoms with Crippen LogP contribution in [-0.4, -0.2) is 75.2 Å². The summed E-state index contributed by atoms with van der Waals surface area (Å²) in [5, 5.41) is 0. The van der Waals surface area contributed by atoms with Gasteiger partial charge in [-0.05, 0) is 77.8 Å². The van der Waals surface area contributed by atoms with Gasteiger partial charge >= 0.3 is 0 Å². The van der Waals surface area contributed by atoms with Crippen LogP contribution in [0.15, 0.2) is 0 Å². The Bertz CT molecular complexity index is 290. The molecule has 0 unspecified atom stereocenters. The zero-order chi connectivity index (χ0) is 22.1. The van der Waals surface area contributed by atoms with Crippen LogP contribution in [0.1, 0.15) is 89.9 Å². The minimum absolute atomic E-state index is 0. The van der Waals surface area contributed by atoms with Gasteiger partial charge in [0, 0.05) is 233 Å². The van der Waals surface area contributed by atoms with Crippen LogP contribution in [0.2, 0.25) is 0 Å². The minimum atomic E-state index is 0. The van der Waals surface area contributed by atoms with Gasteiger partial charge in [-0.25, -0.2) is 0 Å². The molecule has 0 rings (SSSR count). The number of nitrogens with one attached hydrogen (secondary N) is 4. The summed E-state index contributed by atoms with van der Waals surface area (Å²) in [4.78, 5) is 5.25. The Morgan fingerprint density at radius 3 is 0.553 bits per heavy atom. The summed E-state index contributed by atoms with van der Waals surface area (Å²) < 4.78 is 0. The normalized spacial score (nSPS) is 9.32. The Morgan fingerprint density at radius 1 is 0.237 bits per heavy atom. The van der Waals surface area contributed by atoms with Crippen LogP contribution in [0, 0.1) is 233 Å². The van der Waals surface area contributed by atoms with E-state index < -0.39 is 0 Å². The zero-order valence-corrected chi connectivity index (χ0v) is 50.3. The quantitative estimate of drug-likeness (QED) is 0.0900. The number of rotatable bonds is 25. The molecule has 0 saturated carbocycles. The van der Waals surface area contributed by atoms with Gasteiger partial charge in [-0.2, -0.15) is 26.2 Å². The Kier molecular flexibility index (Phi) is 107. The van der Waals surface area contributed by atoms with E-state index in [1.165, 1.54) is 103 Å². The predicted molar refractivity (Wildman–Crippen MR) is 134 cm³/mol. The van der Waals surface area contributed by atoms with Crippen LogP contribution < -0.4 is 0 Å². The van der Waals surface area contributed by atoms with Gasteiger partial charge in [0.25, 0.3) is 0 Å². The van der Waals surface area contributed by atoms with Gasteiger partial charge < -0.3 is 32.7 Å². The molecular weight excluding hydrogens is 2320 g/mol. The van der Waals surface area contributed by atoms with E-state index in [-0.39, 0.29) is 233 Å². The van der Waals surface area contributed by atoms with E-state index >= 15 is 0 Å². The van der Waals surface area contributed by atoms with E-state index in [1.54, 1.807) is 0 Å². The predicted octanol–water partition coefficient (Wildman–Crippen LogP) is 7.26. The second-order valence-electron chi connectivity index (χ2n) is 8.63. The van der Waals surface area contributed by atoms with Crippen molar-refractivity contribution >= 4 is 0 Å². The summed E-state index contributed by atoms with van der Waals surface area (Å²) in [6, 6.07) is 0. The van der Waals surface area contributed by atoms with Gasteiger partial charge in [-0.1, -0.05) is 51.4 Å². The topological polar surface area (TPSA) is 102 Å². The van der Waals surface area contributed by atoms with Crippen molar-refractivity contribution in [1.82, 2.24) is 9.80 Å². The first-order valence-electron chi connectivity index (χ1n) is 12.8. The fraction of sp³-hybridized carbons (Fsp3) is 1.00. The van der Waals surface area contributed by atoms with E-state index in [9.17, 15) is 0 Å². The summed E-state index contributed by atoms with van der Waals surface area (Å²) in [7, 11) is 0. The number of nitrogens with zero attached hydrogens (tertiary/aromatic N) is 2. The Morgan fingerprint density at radius 2 is 0.395 bits per heavy atom. The summed E-state index contributed by atoms with van der Waals surface area (Å²) in [5.41, 5.74) is 29.2. The van der Waals surface area contributed by atoms with Gasteiger partial charge in [0.2, 0.25) is 0 Å². The molecular formula is C24H52N6Pu8-4. The maximum absolute atomic E-state index is 7.31. The minimum Gasteiger partial charge on any atom is -0.677 e. The second kappa shape index (κ2) is 60.0. The molecule has 0 spiro atoms.